The van der Waals surface area contributed by atoms with E-state index in [1.807, 2.05) is 0 Å². The molecule has 0 spiro atoms. The van der Waals surface area contributed by atoms with Gasteiger partial charge in [0.2, 0.25) is 0 Å². The second-order valence-electron chi connectivity index (χ2n) is 7.18. The smallest absolute Gasteiger partial charge is 0.0237 e. The Morgan fingerprint density at radius 1 is 0.750 bits per heavy atom. The highest BCUT2D eigenvalue weighted by molar-refractivity contribution is 5.22. The molecule has 0 radical (unpaired) electrons. The number of hydrogen-bond donors (Lipinski definition) is 1. The van der Waals surface area contributed by atoms with Crippen LogP contribution in [0.15, 0.2) is 54.6 Å². The van der Waals surface area contributed by atoms with Crippen molar-refractivity contribution in [2.24, 2.45) is 11.7 Å². The van der Waals surface area contributed by atoms with Crippen LogP contribution in [0, 0.1) is 5.92 Å². The topological polar surface area (TPSA) is 29.3 Å². The minimum Gasteiger partial charge on any atom is -0.326 e. The van der Waals surface area contributed by atoms with Gasteiger partial charge in [0, 0.05) is 26.2 Å². The molecule has 0 aliphatic heterocycles. The van der Waals surface area contributed by atoms with Crippen molar-refractivity contribution in [3.05, 3.63) is 71.3 Å². The number of benzene rings is 2. The summed E-state index contributed by atoms with van der Waals surface area (Å²) in [6.07, 6.45) is 7.05. The lowest BCUT2D eigenvalue weighted by Crippen LogP contribution is -2.30. The molecule has 0 amide bonds. The van der Waals surface area contributed by atoms with Crippen LogP contribution in [0.25, 0.3) is 0 Å². The Morgan fingerprint density at radius 2 is 1.33 bits per heavy atom. The summed E-state index contributed by atoms with van der Waals surface area (Å²) in [5, 5.41) is 0. The van der Waals surface area contributed by atoms with E-state index < -0.39 is 0 Å². The minimum atomic E-state index is 0.621. The van der Waals surface area contributed by atoms with E-state index in [1.165, 1.54) is 55.3 Å². The zero-order valence-corrected chi connectivity index (χ0v) is 14.7. The van der Waals surface area contributed by atoms with Crippen LogP contribution < -0.4 is 5.73 Å². The Kier molecular flexibility index (Phi) is 6.45. The molecule has 2 heteroatoms. The molecule has 0 bridgehead atoms. The molecular weight excluding hydrogens is 292 g/mol. The molecule has 2 aromatic rings. The van der Waals surface area contributed by atoms with E-state index >= 15 is 0 Å². The Bertz CT molecular complexity index is 585. The van der Waals surface area contributed by atoms with E-state index in [0.717, 1.165) is 19.0 Å². The molecule has 0 atom stereocenters. The van der Waals surface area contributed by atoms with Gasteiger partial charge >= 0.3 is 0 Å². The fraction of sp³-hybridized carbons (Fsp3) is 0.455. The second kappa shape index (κ2) is 9.00. The van der Waals surface area contributed by atoms with Gasteiger partial charge in [0.15, 0.2) is 0 Å². The summed E-state index contributed by atoms with van der Waals surface area (Å²) in [7, 11) is 0. The Balaban J connectivity index is 1.67. The predicted octanol–water partition coefficient (Wildman–Crippen LogP) is 4.73. The standard InChI is InChI=1S/C22H30N2/c23-15-19-11-13-22(14-12-19)18-24(16-20-7-3-1-4-8-20)17-21-9-5-2-6-10-21/h1,3-4,7-8,11-14,21H,2,5-6,9-10,15-18,23H2. The highest BCUT2D eigenvalue weighted by Gasteiger charge is 2.17. The van der Waals surface area contributed by atoms with Gasteiger partial charge in [-0.3, -0.25) is 4.90 Å². The van der Waals surface area contributed by atoms with Crippen LogP contribution in [0.3, 0.4) is 0 Å². The summed E-state index contributed by atoms with van der Waals surface area (Å²) in [6.45, 7) is 3.90. The molecule has 2 aromatic carbocycles. The van der Waals surface area contributed by atoms with Crippen molar-refractivity contribution in [3.63, 3.8) is 0 Å². The van der Waals surface area contributed by atoms with Gasteiger partial charge in [-0.25, -0.2) is 0 Å². The molecule has 3 rings (SSSR count). The summed E-state index contributed by atoms with van der Waals surface area (Å²) in [5.41, 5.74) is 9.72. The lowest BCUT2D eigenvalue weighted by molar-refractivity contribution is 0.187. The molecule has 0 aromatic heterocycles. The van der Waals surface area contributed by atoms with Crippen molar-refractivity contribution < 1.29 is 0 Å². The van der Waals surface area contributed by atoms with Crippen molar-refractivity contribution in [1.29, 1.82) is 0 Å². The maximum absolute atomic E-state index is 5.72. The number of hydrogen-bond acceptors (Lipinski definition) is 2. The zero-order chi connectivity index (χ0) is 16.6. The summed E-state index contributed by atoms with van der Waals surface area (Å²) >= 11 is 0. The van der Waals surface area contributed by atoms with Gasteiger partial charge in [-0.1, -0.05) is 73.9 Å². The number of nitrogens with two attached hydrogens (primary N) is 1. The van der Waals surface area contributed by atoms with Gasteiger partial charge in [0.25, 0.3) is 0 Å². The van der Waals surface area contributed by atoms with Crippen LogP contribution >= 0.6 is 0 Å². The zero-order valence-electron chi connectivity index (χ0n) is 14.7. The molecule has 1 aliphatic carbocycles. The van der Waals surface area contributed by atoms with Gasteiger partial charge in [-0.2, -0.15) is 0 Å². The van der Waals surface area contributed by atoms with E-state index in [1.54, 1.807) is 0 Å². The van der Waals surface area contributed by atoms with Crippen LogP contribution in [0.1, 0.15) is 48.8 Å². The summed E-state index contributed by atoms with van der Waals surface area (Å²) < 4.78 is 0. The second-order valence-corrected chi connectivity index (χ2v) is 7.18. The van der Waals surface area contributed by atoms with Crippen LogP contribution in [-0.2, 0) is 19.6 Å². The lowest BCUT2D eigenvalue weighted by Gasteiger charge is -2.30. The molecule has 2 N–H and O–H groups in total. The molecule has 1 saturated carbocycles. The van der Waals surface area contributed by atoms with Crippen molar-refractivity contribution in [2.45, 2.75) is 51.7 Å². The first-order valence-electron chi connectivity index (χ1n) is 9.37. The summed E-state index contributed by atoms with van der Waals surface area (Å²) in [5.74, 6) is 0.866. The van der Waals surface area contributed by atoms with Crippen LogP contribution in [0.5, 0.6) is 0 Å². The summed E-state index contributed by atoms with van der Waals surface area (Å²) in [4.78, 5) is 2.63. The van der Waals surface area contributed by atoms with Gasteiger partial charge in [-0.15, -0.1) is 0 Å². The van der Waals surface area contributed by atoms with Crippen molar-refractivity contribution in [1.82, 2.24) is 4.90 Å². The third-order valence-corrected chi connectivity index (χ3v) is 5.16. The summed E-state index contributed by atoms with van der Waals surface area (Å²) in [6, 6.07) is 19.7. The first-order chi connectivity index (χ1) is 11.8. The number of rotatable bonds is 7. The monoisotopic (exact) mass is 322 g/mol. The molecule has 1 aliphatic rings. The Labute approximate surface area is 146 Å². The minimum absolute atomic E-state index is 0.621. The van der Waals surface area contributed by atoms with E-state index in [4.69, 9.17) is 5.73 Å². The Hall–Kier alpha value is -1.64. The van der Waals surface area contributed by atoms with Crippen LogP contribution in [0.4, 0.5) is 0 Å². The van der Waals surface area contributed by atoms with E-state index in [0.29, 0.717) is 6.54 Å². The van der Waals surface area contributed by atoms with Gasteiger partial charge in [-0.05, 0) is 35.4 Å². The highest BCUT2D eigenvalue weighted by atomic mass is 15.1. The fourth-order valence-corrected chi connectivity index (χ4v) is 3.80. The van der Waals surface area contributed by atoms with Crippen molar-refractivity contribution in [3.8, 4) is 0 Å². The van der Waals surface area contributed by atoms with E-state index in [2.05, 4.69) is 59.5 Å². The first kappa shape index (κ1) is 17.2. The van der Waals surface area contributed by atoms with Crippen LogP contribution in [0.2, 0.25) is 0 Å². The maximum atomic E-state index is 5.72. The van der Waals surface area contributed by atoms with E-state index in [9.17, 15) is 0 Å². The molecule has 24 heavy (non-hydrogen) atoms. The van der Waals surface area contributed by atoms with Crippen LogP contribution in [-0.4, -0.2) is 11.4 Å². The van der Waals surface area contributed by atoms with Crippen molar-refractivity contribution >= 4 is 0 Å². The largest absolute Gasteiger partial charge is 0.326 e. The van der Waals surface area contributed by atoms with Gasteiger partial charge < -0.3 is 5.73 Å². The average Bonchev–Trinajstić information content (AvgIpc) is 2.64. The molecular formula is C22H30N2. The molecule has 2 nitrogen and oxygen atoms in total. The predicted molar refractivity (Wildman–Crippen MR) is 101 cm³/mol. The first-order valence-corrected chi connectivity index (χ1v) is 9.37. The number of nitrogens with zero attached hydrogens (tertiary/aromatic N) is 1. The molecule has 0 unspecified atom stereocenters. The van der Waals surface area contributed by atoms with Gasteiger partial charge in [0.05, 0.1) is 0 Å². The Morgan fingerprint density at radius 3 is 1.96 bits per heavy atom. The van der Waals surface area contributed by atoms with Crippen molar-refractivity contribution in [2.75, 3.05) is 6.54 Å². The maximum Gasteiger partial charge on any atom is 0.0237 e. The fourth-order valence-electron chi connectivity index (χ4n) is 3.80. The lowest BCUT2D eigenvalue weighted by atomic mass is 9.88. The highest BCUT2D eigenvalue weighted by Crippen LogP contribution is 2.25. The van der Waals surface area contributed by atoms with E-state index in [-0.39, 0.29) is 0 Å². The quantitative estimate of drug-likeness (QED) is 0.798. The molecule has 0 heterocycles. The molecule has 128 valence electrons. The third-order valence-electron chi connectivity index (χ3n) is 5.16. The third kappa shape index (κ3) is 5.19. The normalized spacial score (nSPS) is 15.8. The van der Waals surface area contributed by atoms with Gasteiger partial charge in [0.1, 0.15) is 0 Å². The molecule has 1 fully saturated rings. The average molecular weight is 322 g/mol. The molecule has 0 saturated heterocycles. The SMILES string of the molecule is NCc1ccc(CN(Cc2ccccc2)CC2CCCCC2)cc1.